The molecule has 0 aromatic rings. The highest BCUT2D eigenvalue weighted by Crippen LogP contribution is 2.68. The monoisotopic (exact) mass is 441 g/mol. The van der Waals surface area contributed by atoms with Crippen LogP contribution in [-0.4, -0.2) is 23.4 Å². The van der Waals surface area contributed by atoms with Crippen molar-refractivity contribution in [3.05, 3.63) is 12.7 Å². The molecule has 3 saturated carbocycles. The molecule has 4 fully saturated rings. The first kappa shape index (κ1) is 24.3. The number of carbonyl (C=O) groups is 1. The van der Waals surface area contributed by atoms with E-state index in [1.807, 2.05) is 6.08 Å². The molecule has 0 spiro atoms. The number of carbonyl (C=O) groups excluding carboxylic acids is 1. The number of hydrogen-bond donors (Lipinski definition) is 0. The van der Waals surface area contributed by atoms with Crippen LogP contribution in [0.3, 0.4) is 0 Å². The number of amides is 1. The molecule has 32 heavy (non-hydrogen) atoms. The lowest BCUT2D eigenvalue weighted by Gasteiger charge is -2.64. The van der Waals surface area contributed by atoms with Crippen molar-refractivity contribution in [3.63, 3.8) is 0 Å². The van der Waals surface area contributed by atoms with Gasteiger partial charge in [-0.25, -0.2) is 0 Å². The zero-order valence-electron chi connectivity index (χ0n) is 22.0. The lowest BCUT2D eigenvalue weighted by molar-refractivity contribution is -0.169. The highest BCUT2D eigenvalue weighted by Gasteiger charge is 2.63. The van der Waals surface area contributed by atoms with Gasteiger partial charge in [-0.3, -0.25) is 4.79 Å². The van der Waals surface area contributed by atoms with Crippen LogP contribution in [0.1, 0.15) is 106 Å². The van der Waals surface area contributed by atoms with E-state index in [0.29, 0.717) is 22.8 Å². The zero-order valence-corrected chi connectivity index (χ0v) is 22.0. The molecule has 182 valence electrons. The second-order valence-corrected chi connectivity index (χ2v) is 13.4. The Labute approximate surface area is 199 Å². The maximum atomic E-state index is 12.8. The highest BCUT2D eigenvalue weighted by atomic mass is 16.2. The summed E-state index contributed by atoms with van der Waals surface area (Å²) in [5.41, 5.74) is 0.845. The quantitative estimate of drug-likeness (QED) is 0.370. The van der Waals surface area contributed by atoms with Crippen LogP contribution < -0.4 is 0 Å². The van der Waals surface area contributed by atoms with Crippen LogP contribution in [0.15, 0.2) is 12.7 Å². The lowest BCUT2D eigenvalue weighted by Crippen LogP contribution is -2.64. The van der Waals surface area contributed by atoms with Crippen LogP contribution in [0.2, 0.25) is 0 Å². The predicted octanol–water partition coefficient (Wildman–Crippen LogP) is 7.73. The summed E-state index contributed by atoms with van der Waals surface area (Å²) >= 11 is 0. The first-order valence-corrected chi connectivity index (χ1v) is 14.0. The molecule has 0 N–H and O–H groups in total. The number of rotatable bonds is 7. The van der Waals surface area contributed by atoms with Crippen molar-refractivity contribution in [2.45, 2.75) is 112 Å². The van der Waals surface area contributed by atoms with Crippen molar-refractivity contribution < 1.29 is 4.79 Å². The number of nitrogens with zero attached hydrogens (tertiary/aromatic N) is 1. The van der Waals surface area contributed by atoms with Crippen molar-refractivity contribution in [2.24, 2.45) is 52.3 Å². The maximum Gasteiger partial charge on any atom is 0.223 e. The average molecular weight is 442 g/mol. The molecule has 1 amide bonds. The molecule has 1 aliphatic heterocycles. The first-order chi connectivity index (χ1) is 15.1. The number of fused-ring (bicyclic) bond motifs is 5. The Balaban J connectivity index is 1.54. The summed E-state index contributed by atoms with van der Waals surface area (Å²) in [6, 6.07) is 0.425. The molecule has 0 aromatic carbocycles. The molecule has 4 rings (SSSR count). The number of piperidine rings is 1. The third-order valence-corrected chi connectivity index (χ3v) is 11.3. The van der Waals surface area contributed by atoms with Gasteiger partial charge in [0.25, 0.3) is 0 Å². The summed E-state index contributed by atoms with van der Waals surface area (Å²) in [6.45, 7) is 19.8. The minimum atomic E-state index is 0.302. The Kier molecular flexibility index (Phi) is 6.92. The first-order valence-electron chi connectivity index (χ1n) is 14.0. The molecular formula is C30H51NO. The van der Waals surface area contributed by atoms with Gasteiger partial charge in [0.05, 0.1) is 0 Å². The Morgan fingerprint density at radius 3 is 2.47 bits per heavy atom. The smallest absolute Gasteiger partial charge is 0.223 e. The van der Waals surface area contributed by atoms with E-state index in [-0.39, 0.29) is 0 Å². The van der Waals surface area contributed by atoms with Gasteiger partial charge in [-0.15, -0.1) is 6.58 Å². The van der Waals surface area contributed by atoms with Crippen LogP contribution in [-0.2, 0) is 4.79 Å². The third-order valence-electron chi connectivity index (χ3n) is 11.3. The summed E-state index contributed by atoms with van der Waals surface area (Å²) in [5, 5.41) is 0. The minimum absolute atomic E-state index is 0.302. The van der Waals surface area contributed by atoms with Gasteiger partial charge in [-0.05, 0) is 90.8 Å². The molecular weight excluding hydrogens is 390 g/mol. The van der Waals surface area contributed by atoms with Gasteiger partial charge < -0.3 is 4.90 Å². The van der Waals surface area contributed by atoms with Gasteiger partial charge in [-0.1, -0.05) is 66.9 Å². The second kappa shape index (κ2) is 9.10. The highest BCUT2D eigenvalue weighted by molar-refractivity contribution is 5.78. The van der Waals surface area contributed by atoms with Gasteiger partial charge in [-0.2, -0.15) is 0 Å². The lowest BCUT2D eigenvalue weighted by atomic mass is 9.44. The molecule has 1 heterocycles. The second-order valence-electron chi connectivity index (χ2n) is 13.4. The summed E-state index contributed by atoms with van der Waals surface area (Å²) in [6.07, 6.45) is 14.9. The Morgan fingerprint density at radius 1 is 1.06 bits per heavy atom. The van der Waals surface area contributed by atoms with Crippen molar-refractivity contribution in [2.75, 3.05) is 6.54 Å². The Morgan fingerprint density at radius 2 is 1.78 bits per heavy atom. The van der Waals surface area contributed by atoms with Crippen LogP contribution >= 0.6 is 0 Å². The molecule has 0 aromatic heterocycles. The van der Waals surface area contributed by atoms with Gasteiger partial charge in [0.1, 0.15) is 0 Å². The average Bonchev–Trinajstić information content (AvgIpc) is 3.09. The van der Waals surface area contributed by atoms with Crippen LogP contribution in [0.5, 0.6) is 0 Å². The fourth-order valence-electron chi connectivity index (χ4n) is 9.70. The maximum absolute atomic E-state index is 12.8. The molecule has 1 saturated heterocycles. The molecule has 2 nitrogen and oxygen atoms in total. The normalized spacial score (nSPS) is 44.7. The van der Waals surface area contributed by atoms with E-state index >= 15 is 0 Å². The van der Waals surface area contributed by atoms with Gasteiger partial charge in [0, 0.05) is 19.0 Å². The summed E-state index contributed by atoms with van der Waals surface area (Å²) in [4.78, 5) is 15.0. The van der Waals surface area contributed by atoms with Crippen LogP contribution in [0, 0.1) is 52.3 Å². The summed E-state index contributed by atoms with van der Waals surface area (Å²) in [7, 11) is 0. The summed E-state index contributed by atoms with van der Waals surface area (Å²) < 4.78 is 0. The van der Waals surface area contributed by atoms with Crippen LogP contribution in [0.4, 0.5) is 0 Å². The minimum Gasteiger partial charge on any atom is -0.335 e. The molecule has 1 unspecified atom stereocenters. The van der Waals surface area contributed by atoms with Gasteiger partial charge >= 0.3 is 0 Å². The van der Waals surface area contributed by atoms with E-state index < -0.39 is 0 Å². The topological polar surface area (TPSA) is 20.3 Å². The van der Waals surface area contributed by atoms with E-state index in [9.17, 15) is 4.79 Å². The number of hydrogen-bond acceptors (Lipinski definition) is 1. The molecule has 4 aliphatic rings. The van der Waals surface area contributed by atoms with Crippen LogP contribution in [0.25, 0.3) is 0 Å². The predicted molar refractivity (Wildman–Crippen MR) is 135 cm³/mol. The van der Waals surface area contributed by atoms with E-state index in [1.165, 1.54) is 51.4 Å². The van der Waals surface area contributed by atoms with Crippen molar-refractivity contribution in [1.29, 1.82) is 0 Å². The molecule has 0 radical (unpaired) electrons. The van der Waals surface area contributed by atoms with Crippen molar-refractivity contribution in [3.8, 4) is 0 Å². The Hall–Kier alpha value is -0.790. The Bertz CT molecular complexity index is 699. The van der Waals surface area contributed by atoms with Crippen molar-refractivity contribution in [1.82, 2.24) is 4.90 Å². The largest absolute Gasteiger partial charge is 0.335 e. The molecule has 2 heteroatoms. The van der Waals surface area contributed by atoms with E-state index in [4.69, 9.17) is 0 Å². The summed E-state index contributed by atoms with van der Waals surface area (Å²) in [5.74, 6) is 6.29. The zero-order chi connectivity index (χ0) is 23.3. The van der Waals surface area contributed by atoms with E-state index in [1.54, 1.807) is 0 Å². The van der Waals surface area contributed by atoms with Gasteiger partial charge in [0.2, 0.25) is 5.91 Å². The molecule has 0 bridgehead atoms. The number of likely N-dealkylation sites (tertiary alicyclic amines) is 1. The molecule has 9 atom stereocenters. The van der Waals surface area contributed by atoms with E-state index in [0.717, 1.165) is 60.8 Å². The standard InChI is InChI=1S/C30H51NO/c1-8-18-31-26-19-22(5)28-24-13-12-23(21(4)11-9-10-20(2)3)29(24,6)16-14-25(28)30(26,7)17-15-27(31)32/h8,20-26,28H,1,9-19H2,2-7H3/t21-,22+,23-,24+,25+,26?,28+,29-,30-/m1/s1. The van der Waals surface area contributed by atoms with Crippen molar-refractivity contribution >= 4 is 5.91 Å². The third kappa shape index (κ3) is 3.90. The SMILES string of the molecule is C=CCN1C(=O)CC[C@@]2(C)C1C[C@H](C)[C@H]1[C@@H]3CC[C@H]([C@H](C)CCCC(C)C)[C@@]3(C)CC[C@@H]12. The fraction of sp³-hybridized carbons (Fsp3) is 0.900. The molecule has 3 aliphatic carbocycles. The van der Waals surface area contributed by atoms with E-state index in [2.05, 4.69) is 53.0 Å². The van der Waals surface area contributed by atoms with Gasteiger partial charge in [0.15, 0.2) is 0 Å². The fourth-order valence-corrected chi connectivity index (χ4v) is 9.70.